The van der Waals surface area contributed by atoms with Crippen LogP contribution in [-0.2, 0) is 11.4 Å². The molecule has 0 amide bonds. The Bertz CT molecular complexity index is 571. The van der Waals surface area contributed by atoms with Gasteiger partial charge in [-0.1, -0.05) is 34.7 Å². The number of nitrogens with zero attached hydrogens (tertiary/aromatic N) is 1. The van der Waals surface area contributed by atoms with E-state index in [0.717, 1.165) is 5.56 Å². The molecular formula is C14H12FNOS. The summed E-state index contributed by atoms with van der Waals surface area (Å²) in [4.78, 5) is 0.671. The Kier molecular flexibility index (Phi) is 4.12. The van der Waals surface area contributed by atoms with Crippen molar-refractivity contribution in [2.45, 2.75) is 11.8 Å². The van der Waals surface area contributed by atoms with Crippen molar-refractivity contribution in [3.63, 3.8) is 0 Å². The fraction of sp³-hybridized carbons (Fsp3) is 0.0714. The number of rotatable bonds is 3. The van der Waals surface area contributed by atoms with Crippen LogP contribution in [0.4, 0.5) is 4.39 Å². The van der Waals surface area contributed by atoms with Gasteiger partial charge in [-0.15, -0.1) is 0 Å². The molecule has 0 spiro atoms. The average molecular weight is 261 g/mol. The van der Waals surface area contributed by atoms with Crippen LogP contribution in [0, 0.1) is 12.7 Å². The molecule has 0 bridgehead atoms. The lowest BCUT2D eigenvalue weighted by Crippen LogP contribution is -2.00. The third kappa shape index (κ3) is 3.18. The van der Waals surface area contributed by atoms with Crippen LogP contribution in [0.3, 0.4) is 0 Å². The molecule has 0 aliphatic rings. The zero-order chi connectivity index (χ0) is 13.0. The van der Waals surface area contributed by atoms with Crippen LogP contribution in [0.1, 0.15) is 11.1 Å². The predicted molar refractivity (Wildman–Crippen MR) is 71.6 cm³/mol. The topological polar surface area (TPSA) is 35.4 Å². The molecule has 2 nitrogen and oxygen atoms in total. The van der Waals surface area contributed by atoms with Crippen molar-refractivity contribution >= 4 is 17.6 Å². The molecule has 0 radical (unpaired) electrons. The summed E-state index contributed by atoms with van der Waals surface area (Å²) >= 11 is -1.46. The Morgan fingerprint density at radius 2 is 1.94 bits per heavy atom. The van der Waals surface area contributed by atoms with E-state index in [1.807, 2.05) is 25.1 Å². The number of hydrogen-bond donors (Lipinski definition) is 0. The summed E-state index contributed by atoms with van der Waals surface area (Å²) in [6, 6.07) is 13.4. The minimum atomic E-state index is -1.46. The average Bonchev–Trinajstić information content (AvgIpc) is 2.37. The van der Waals surface area contributed by atoms with E-state index in [9.17, 15) is 8.94 Å². The van der Waals surface area contributed by atoms with Gasteiger partial charge in [0.2, 0.25) is 0 Å². The smallest absolute Gasteiger partial charge is 0.185 e. The highest BCUT2D eigenvalue weighted by atomic mass is 32.2. The van der Waals surface area contributed by atoms with Gasteiger partial charge >= 0.3 is 0 Å². The van der Waals surface area contributed by atoms with Gasteiger partial charge in [0.25, 0.3) is 0 Å². The highest BCUT2D eigenvalue weighted by Gasteiger charge is 2.11. The van der Waals surface area contributed by atoms with Crippen LogP contribution in [0.5, 0.6) is 0 Å². The van der Waals surface area contributed by atoms with E-state index in [1.165, 1.54) is 18.3 Å². The molecule has 0 aliphatic carbocycles. The van der Waals surface area contributed by atoms with Gasteiger partial charge in [-0.25, -0.2) is 4.39 Å². The number of benzene rings is 2. The minimum absolute atomic E-state index is 0.333. The molecule has 0 aliphatic heterocycles. The summed E-state index contributed by atoms with van der Waals surface area (Å²) < 4.78 is 28.8. The van der Waals surface area contributed by atoms with Crippen LogP contribution >= 0.6 is 0 Å². The third-order valence-electron chi connectivity index (χ3n) is 2.43. The Hall–Kier alpha value is -1.65. The van der Waals surface area contributed by atoms with Gasteiger partial charge in [0, 0.05) is 11.1 Å². The van der Waals surface area contributed by atoms with Gasteiger partial charge in [0.05, 0.1) is 6.21 Å². The summed E-state index contributed by atoms with van der Waals surface area (Å²) in [5.41, 5.74) is 1.52. The minimum Gasteiger partial charge on any atom is -0.586 e. The van der Waals surface area contributed by atoms with Gasteiger partial charge in [0.15, 0.2) is 4.90 Å². The largest absolute Gasteiger partial charge is 0.586 e. The molecule has 2 aromatic rings. The Morgan fingerprint density at radius 1 is 1.17 bits per heavy atom. The molecule has 0 aromatic heterocycles. The third-order valence-corrected chi connectivity index (χ3v) is 3.56. The molecule has 18 heavy (non-hydrogen) atoms. The summed E-state index contributed by atoms with van der Waals surface area (Å²) in [7, 11) is 0. The summed E-state index contributed by atoms with van der Waals surface area (Å²) in [6.07, 6.45) is 1.42. The van der Waals surface area contributed by atoms with Crippen molar-refractivity contribution in [2.75, 3.05) is 0 Å². The van der Waals surface area contributed by atoms with Gasteiger partial charge < -0.3 is 4.55 Å². The molecule has 0 N–H and O–H groups in total. The highest BCUT2D eigenvalue weighted by Crippen LogP contribution is 2.16. The van der Waals surface area contributed by atoms with Crippen molar-refractivity contribution in [3.8, 4) is 0 Å². The highest BCUT2D eigenvalue weighted by molar-refractivity contribution is 7.90. The second-order valence-electron chi connectivity index (χ2n) is 3.80. The molecule has 2 aromatic carbocycles. The molecular weight excluding hydrogens is 249 g/mol. The lowest BCUT2D eigenvalue weighted by atomic mass is 10.2. The fourth-order valence-electron chi connectivity index (χ4n) is 1.50. The van der Waals surface area contributed by atoms with Crippen molar-refractivity contribution < 1.29 is 8.94 Å². The molecule has 92 valence electrons. The predicted octanol–water partition coefficient (Wildman–Crippen LogP) is 3.28. The molecule has 4 heteroatoms. The zero-order valence-electron chi connectivity index (χ0n) is 9.84. The normalized spacial score (nSPS) is 12.8. The first kappa shape index (κ1) is 12.8. The molecule has 0 fully saturated rings. The van der Waals surface area contributed by atoms with E-state index >= 15 is 0 Å². The Morgan fingerprint density at radius 3 is 2.67 bits per heavy atom. The molecule has 1 atom stereocenters. The SMILES string of the molecule is Cc1ccccc1[S+]([O-])/N=C/c1cccc(F)c1. The van der Waals surface area contributed by atoms with Crippen LogP contribution in [0.25, 0.3) is 0 Å². The van der Waals surface area contributed by atoms with E-state index in [0.29, 0.717) is 10.5 Å². The van der Waals surface area contributed by atoms with Gasteiger partial charge in [-0.05, 0) is 25.1 Å². The van der Waals surface area contributed by atoms with E-state index in [4.69, 9.17) is 0 Å². The van der Waals surface area contributed by atoms with Gasteiger partial charge in [-0.2, -0.15) is 0 Å². The van der Waals surface area contributed by atoms with E-state index in [1.54, 1.807) is 18.2 Å². The van der Waals surface area contributed by atoms with Crippen LogP contribution in [-0.4, -0.2) is 10.8 Å². The monoisotopic (exact) mass is 261 g/mol. The number of aryl methyl sites for hydroxylation is 1. The first-order valence-electron chi connectivity index (χ1n) is 5.44. The van der Waals surface area contributed by atoms with Crippen molar-refractivity contribution in [1.29, 1.82) is 0 Å². The first-order chi connectivity index (χ1) is 8.66. The number of halogens is 1. The lowest BCUT2D eigenvalue weighted by Gasteiger charge is -2.04. The maximum atomic E-state index is 12.9. The quantitative estimate of drug-likeness (QED) is 0.617. The van der Waals surface area contributed by atoms with Gasteiger partial charge in [0.1, 0.15) is 17.2 Å². The summed E-state index contributed by atoms with van der Waals surface area (Å²) in [5.74, 6) is -0.333. The first-order valence-corrected chi connectivity index (χ1v) is 6.54. The Labute approximate surface area is 109 Å². The maximum Gasteiger partial charge on any atom is 0.185 e. The molecule has 0 saturated carbocycles. The van der Waals surface area contributed by atoms with E-state index in [-0.39, 0.29) is 5.82 Å². The fourth-order valence-corrected chi connectivity index (χ4v) is 2.37. The Balaban J connectivity index is 2.17. The molecule has 1 unspecified atom stereocenters. The molecule has 2 rings (SSSR count). The van der Waals surface area contributed by atoms with Crippen molar-refractivity contribution in [3.05, 3.63) is 65.5 Å². The van der Waals surface area contributed by atoms with Gasteiger partial charge in [-0.3, -0.25) is 0 Å². The summed E-state index contributed by atoms with van der Waals surface area (Å²) in [5, 5.41) is 0. The van der Waals surface area contributed by atoms with Crippen LogP contribution < -0.4 is 0 Å². The standard InChI is InChI=1S/C14H12FNOS/c1-11-5-2-3-8-14(11)18(17)16-10-12-6-4-7-13(15)9-12/h2-10H,1H3/b16-10+. The van der Waals surface area contributed by atoms with Crippen LogP contribution in [0.15, 0.2) is 57.8 Å². The van der Waals surface area contributed by atoms with Crippen LogP contribution in [0.2, 0.25) is 0 Å². The zero-order valence-corrected chi connectivity index (χ0v) is 10.7. The van der Waals surface area contributed by atoms with Crippen molar-refractivity contribution in [1.82, 2.24) is 0 Å². The summed E-state index contributed by atoms with van der Waals surface area (Å²) in [6.45, 7) is 1.88. The van der Waals surface area contributed by atoms with E-state index in [2.05, 4.69) is 4.40 Å². The molecule has 0 saturated heterocycles. The lowest BCUT2D eigenvalue weighted by molar-refractivity contribution is 0.596. The number of hydrogen-bond acceptors (Lipinski definition) is 2. The van der Waals surface area contributed by atoms with E-state index < -0.39 is 11.4 Å². The maximum absolute atomic E-state index is 12.9. The second kappa shape index (κ2) is 5.80. The second-order valence-corrected chi connectivity index (χ2v) is 4.95. The molecule has 0 heterocycles. The van der Waals surface area contributed by atoms with Crippen molar-refractivity contribution in [2.24, 2.45) is 4.40 Å².